The SMILES string of the molecule is BrC(c1ccc(Oc2ccccc2)cc1)C1CC1. The molecule has 2 aromatic rings. The average molecular weight is 303 g/mol. The Kier molecular flexibility index (Phi) is 3.37. The third-order valence-corrected chi connectivity index (χ3v) is 4.49. The van der Waals surface area contributed by atoms with Crippen LogP contribution in [0.1, 0.15) is 23.2 Å². The van der Waals surface area contributed by atoms with Crippen LogP contribution in [0.3, 0.4) is 0 Å². The van der Waals surface area contributed by atoms with E-state index in [0.29, 0.717) is 4.83 Å². The second-order valence-electron chi connectivity index (χ2n) is 4.72. The van der Waals surface area contributed by atoms with Gasteiger partial charge in [-0.2, -0.15) is 0 Å². The largest absolute Gasteiger partial charge is 0.457 e. The number of halogens is 1. The monoisotopic (exact) mass is 302 g/mol. The molecule has 18 heavy (non-hydrogen) atoms. The molecule has 1 aliphatic carbocycles. The quantitative estimate of drug-likeness (QED) is 0.694. The topological polar surface area (TPSA) is 9.23 Å². The summed E-state index contributed by atoms with van der Waals surface area (Å²) in [6, 6.07) is 18.2. The second kappa shape index (κ2) is 5.15. The first-order valence-corrected chi connectivity index (χ1v) is 7.21. The molecular formula is C16H15BrO. The standard InChI is InChI=1S/C16H15BrO/c17-16(12-6-7-12)13-8-10-15(11-9-13)18-14-4-2-1-3-5-14/h1-5,8-12,16H,6-7H2. The van der Waals surface area contributed by atoms with Crippen molar-refractivity contribution in [2.75, 3.05) is 0 Å². The minimum Gasteiger partial charge on any atom is -0.457 e. The first-order valence-electron chi connectivity index (χ1n) is 6.30. The fraction of sp³-hybridized carbons (Fsp3) is 0.250. The van der Waals surface area contributed by atoms with Crippen molar-refractivity contribution >= 4 is 15.9 Å². The lowest BCUT2D eigenvalue weighted by Gasteiger charge is -2.10. The molecule has 1 saturated carbocycles. The molecule has 1 fully saturated rings. The number of ether oxygens (including phenoxy) is 1. The summed E-state index contributed by atoms with van der Waals surface area (Å²) < 4.78 is 5.77. The normalized spacial score (nSPS) is 16.3. The van der Waals surface area contributed by atoms with Gasteiger partial charge in [0.15, 0.2) is 0 Å². The maximum atomic E-state index is 5.77. The molecule has 0 heterocycles. The van der Waals surface area contributed by atoms with Crippen molar-refractivity contribution in [3.63, 3.8) is 0 Å². The fourth-order valence-electron chi connectivity index (χ4n) is 2.01. The van der Waals surface area contributed by atoms with Gasteiger partial charge in [-0.15, -0.1) is 0 Å². The van der Waals surface area contributed by atoms with Crippen molar-refractivity contribution in [3.05, 3.63) is 60.2 Å². The smallest absolute Gasteiger partial charge is 0.127 e. The highest BCUT2D eigenvalue weighted by Gasteiger charge is 2.30. The van der Waals surface area contributed by atoms with Crippen LogP contribution in [0.5, 0.6) is 11.5 Å². The Bertz CT molecular complexity index is 502. The molecule has 0 amide bonds. The van der Waals surface area contributed by atoms with E-state index in [4.69, 9.17) is 4.74 Å². The Morgan fingerprint density at radius 1 is 0.889 bits per heavy atom. The van der Waals surface area contributed by atoms with Gasteiger partial charge in [0.2, 0.25) is 0 Å². The summed E-state index contributed by atoms with van der Waals surface area (Å²) in [5.74, 6) is 2.59. The van der Waals surface area contributed by atoms with Crippen molar-refractivity contribution in [2.24, 2.45) is 5.92 Å². The van der Waals surface area contributed by atoms with Gasteiger partial charge < -0.3 is 4.74 Å². The Balaban J connectivity index is 1.71. The Labute approximate surface area is 116 Å². The van der Waals surface area contributed by atoms with Crippen LogP contribution in [0.2, 0.25) is 0 Å². The summed E-state index contributed by atoms with van der Waals surface area (Å²) in [4.78, 5) is 0.503. The van der Waals surface area contributed by atoms with E-state index in [-0.39, 0.29) is 0 Å². The predicted octanol–water partition coefficient (Wildman–Crippen LogP) is 5.32. The second-order valence-corrected chi connectivity index (χ2v) is 5.71. The number of para-hydroxylation sites is 1. The number of hydrogen-bond donors (Lipinski definition) is 0. The number of benzene rings is 2. The van der Waals surface area contributed by atoms with E-state index >= 15 is 0 Å². The van der Waals surface area contributed by atoms with Crippen LogP contribution in [-0.2, 0) is 0 Å². The molecule has 0 N–H and O–H groups in total. The minimum absolute atomic E-state index is 0.503. The van der Waals surface area contributed by atoms with E-state index in [2.05, 4.69) is 28.1 Å². The Morgan fingerprint density at radius 3 is 2.11 bits per heavy atom. The van der Waals surface area contributed by atoms with Crippen LogP contribution in [-0.4, -0.2) is 0 Å². The summed E-state index contributed by atoms with van der Waals surface area (Å²) in [6.07, 6.45) is 2.69. The zero-order chi connectivity index (χ0) is 12.4. The van der Waals surface area contributed by atoms with E-state index in [1.54, 1.807) is 0 Å². The maximum absolute atomic E-state index is 5.77. The molecule has 3 rings (SSSR count). The number of hydrogen-bond acceptors (Lipinski definition) is 1. The van der Waals surface area contributed by atoms with Gasteiger partial charge in [0.1, 0.15) is 11.5 Å². The lowest BCUT2D eigenvalue weighted by molar-refractivity contribution is 0.482. The van der Waals surface area contributed by atoms with Crippen LogP contribution in [0, 0.1) is 5.92 Å². The Hall–Kier alpha value is -1.28. The number of alkyl halides is 1. The first-order chi connectivity index (χ1) is 8.83. The highest BCUT2D eigenvalue weighted by molar-refractivity contribution is 9.09. The summed E-state index contributed by atoms with van der Waals surface area (Å²) in [5.41, 5.74) is 1.35. The van der Waals surface area contributed by atoms with E-state index in [9.17, 15) is 0 Å². The van der Waals surface area contributed by atoms with Crippen LogP contribution in [0.4, 0.5) is 0 Å². The predicted molar refractivity (Wildman–Crippen MR) is 77.4 cm³/mol. The molecule has 2 heteroatoms. The molecule has 92 valence electrons. The first kappa shape index (κ1) is 11.8. The molecule has 0 saturated heterocycles. The molecule has 2 aromatic carbocycles. The summed E-state index contributed by atoms with van der Waals surface area (Å²) >= 11 is 3.76. The Morgan fingerprint density at radius 2 is 1.50 bits per heavy atom. The van der Waals surface area contributed by atoms with Crippen LogP contribution < -0.4 is 4.74 Å². The van der Waals surface area contributed by atoms with E-state index in [1.807, 2.05) is 42.5 Å². The van der Waals surface area contributed by atoms with Gasteiger partial charge in [0.25, 0.3) is 0 Å². The molecule has 0 spiro atoms. The van der Waals surface area contributed by atoms with Crippen molar-refractivity contribution in [3.8, 4) is 11.5 Å². The average Bonchev–Trinajstić information content (AvgIpc) is 3.24. The molecule has 1 aliphatic rings. The van der Waals surface area contributed by atoms with Crippen LogP contribution >= 0.6 is 15.9 Å². The molecule has 1 unspecified atom stereocenters. The summed E-state index contributed by atoms with van der Waals surface area (Å²) in [6.45, 7) is 0. The minimum atomic E-state index is 0.503. The third-order valence-electron chi connectivity index (χ3n) is 3.21. The van der Waals surface area contributed by atoms with Crippen molar-refractivity contribution in [1.82, 2.24) is 0 Å². The highest BCUT2D eigenvalue weighted by atomic mass is 79.9. The van der Waals surface area contributed by atoms with Gasteiger partial charge in [-0.3, -0.25) is 0 Å². The molecule has 1 nitrogen and oxygen atoms in total. The van der Waals surface area contributed by atoms with E-state index in [0.717, 1.165) is 17.4 Å². The van der Waals surface area contributed by atoms with Crippen LogP contribution in [0.15, 0.2) is 54.6 Å². The van der Waals surface area contributed by atoms with E-state index < -0.39 is 0 Å². The van der Waals surface area contributed by atoms with Crippen molar-refractivity contribution in [2.45, 2.75) is 17.7 Å². The van der Waals surface area contributed by atoms with E-state index in [1.165, 1.54) is 18.4 Å². The molecule has 0 bridgehead atoms. The molecule has 0 aromatic heterocycles. The van der Waals surface area contributed by atoms with Crippen molar-refractivity contribution < 1.29 is 4.74 Å². The highest BCUT2D eigenvalue weighted by Crippen LogP contribution is 2.46. The molecule has 0 radical (unpaired) electrons. The zero-order valence-corrected chi connectivity index (χ0v) is 11.6. The summed E-state index contributed by atoms with van der Waals surface area (Å²) in [7, 11) is 0. The zero-order valence-electron chi connectivity index (χ0n) is 10.1. The fourth-order valence-corrected chi connectivity index (χ4v) is 2.84. The van der Waals surface area contributed by atoms with Gasteiger partial charge in [0.05, 0.1) is 0 Å². The van der Waals surface area contributed by atoms with Gasteiger partial charge >= 0.3 is 0 Å². The number of rotatable bonds is 4. The summed E-state index contributed by atoms with van der Waals surface area (Å²) in [5, 5.41) is 0. The molecule has 0 aliphatic heterocycles. The van der Waals surface area contributed by atoms with Crippen molar-refractivity contribution in [1.29, 1.82) is 0 Å². The molecular weight excluding hydrogens is 288 g/mol. The molecule has 1 atom stereocenters. The van der Waals surface area contributed by atoms with Gasteiger partial charge in [-0.25, -0.2) is 0 Å². The third kappa shape index (κ3) is 2.75. The lowest BCUT2D eigenvalue weighted by Crippen LogP contribution is -1.92. The lowest BCUT2D eigenvalue weighted by atomic mass is 10.1. The van der Waals surface area contributed by atoms with Crippen LogP contribution in [0.25, 0.3) is 0 Å². The van der Waals surface area contributed by atoms with Gasteiger partial charge in [-0.1, -0.05) is 46.3 Å². The maximum Gasteiger partial charge on any atom is 0.127 e. The van der Waals surface area contributed by atoms with Gasteiger partial charge in [-0.05, 0) is 48.6 Å². The van der Waals surface area contributed by atoms with Gasteiger partial charge in [0, 0.05) is 4.83 Å².